The van der Waals surface area contributed by atoms with Crippen LogP contribution >= 0.6 is 0 Å². The standard InChI is InChI=1S/C6H9NO6.C3H9N/c8-4(9)1-7(2-5(10)11)3-6(12)13;1-4(2)3/h1-3H2,(H,8,9)(H,10,11)(H,12,13);1-3H3. The van der Waals surface area contributed by atoms with Crippen LogP contribution in [0.5, 0.6) is 0 Å². The molecule has 0 unspecified atom stereocenters. The average Bonchev–Trinajstić information content (AvgIpc) is 1.96. The average molecular weight is 250 g/mol. The fourth-order valence-corrected chi connectivity index (χ4v) is 0.742. The summed E-state index contributed by atoms with van der Waals surface area (Å²) < 4.78 is 0. The van der Waals surface area contributed by atoms with Crippen molar-refractivity contribution in [3.63, 3.8) is 0 Å². The van der Waals surface area contributed by atoms with Crippen molar-refractivity contribution in [2.24, 2.45) is 0 Å². The first-order valence-electron chi connectivity index (χ1n) is 4.63. The maximum Gasteiger partial charge on any atom is 0.317 e. The highest BCUT2D eigenvalue weighted by atomic mass is 16.4. The Kier molecular flexibility index (Phi) is 9.95. The summed E-state index contributed by atoms with van der Waals surface area (Å²) in [4.78, 5) is 33.2. The van der Waals surface area contributed by atoms with Gasteiger partial charge in [0.05, 0.1) is 19.6 Å². The zero-order valence-corrected chi connectivity index (χ0v) is 10.1. The first-order valence-corrected chi connectivity index (χ1v) is 4.63. The molecule has 0 radical (unpaired) electrons. The van der Waals surface area contributed by atoms with Gasteiger partial charge in [0.25, 0.3) is 0 Å². The SMILES string of the molecule is CN(C)C.O=C(O)CN(CC(=O)O)CC(=O)O. The van der Waals surface area contributed by atoms with Crippen molar-refractivity contribution in [1.82, 2.24) is 9.80 Å². The van der Waals surface area contributed by atoms with Crippen molar-refractivity contribution in [1.29, 1.82) is 0 Å². The molecule has 17 heavy (non-hydrogen) atoms. The van der Waals surface area contributed by atoms with Crippen LogP contribution in [0, 0.1) is 0 Å². The number of carboxylic acids is 3. The molecule has 0 spiro atoms. The van der Waals surface area contributed by atoms with Crippen molar-refractivity contribution in [3.8, 4) is 0 Å². The lowest BCUT2D eigenvalue weighted by atomic mass is 10.4. The van der Waals surface area contributed by atoms with Crippen LogP contribution in [-0.2, 0) is 14.4 Å². The van der Waals surface area contributed by atoms with Crippen molar-refractivity contribution in [2.75, 3.05) is 40.8 Å². The summed E-state index contributed by atoms with van der Waals surface area (Å²) in [5, 5.41) is 24.8. The summed E-state index contributed by atoms with van der Waals surface area (Å²) in [5.74, 6) is -3.78. The second kappa shape index (κ2) is 9.55. The molecule has 8 nitrogen and oxygen atoms in total. The van der Waals surface area contributed by atoms with Crippen LogP contribution in [0.2, 0.25) is 0 Å². The number of carboxylic acid groups (broad SMARTS) is 3. The molecule has 0 aliphatic rings. The predicted octanol–water partition coefficient (Wildman–Crippen LogP) is -1.28. The van der Waals surface area contributed by atoms with Gasteiger partial charge in [0, 0.05) is 0 Å². The third-order valence-electron chi connectivity index (χ3n) is 1.08. The van der Waals surface area contributed by atoms with Gasteiger partial charge >= 0.3 is 17.9 Å². The molecular weight excluding hydrogens is 232 g/mol. The van der Waals surface area contributed by atoms with Crippen LogP contribution in [-0.4, -0.2) is 83.8 Å². The van der Waals surface area contributed by atoms with Crippen LogP contribution < -0.4 is 0 Å². The van der Waals surface area contributed by atoms with Gasteiger partial charge in [-0.2, -0.15) is 0 Å². The van der Waals surface area contributed by atoms with Crippen molar-refractivity contribution < 1.29 is 29.7 Å². The molecular formula is C9H18N2O6. The summed E-state index contributed by atoms with van der Waals surface area (Å²) in [6.07, 6.45) is 0. The fraction of sp³-hybridized carbons (Fsp3) is 0.667. The van der Waals surface area contributed by atoms with Crippen LogP contribution in [0.4, 0.5) is 0 Å². The molecule has 0 aromatic heterocycles. The van der Waals surface area contributed by atoms with Crippen LogP contribution in [0.15, 0.2) is 0 Å². The first-order chi connectivity index (χ1) is 7.65. The highest BCUT2D eigenvalue weighted by Gasteiger charge is 2.15. The number of hydrogen-bond acceptors (Lipinski definition) is 5. The van der Waals surface area contributed by atoms with E-state index in [9.17, 15) is 14.4 Å². The van der Waals surface area contributed by atoms with Gasteiger partial charge in [0.1, 0.15) is 0 Å². The van der Waals surface area contributed by atoms with Crippen molar-refractivity contribution >= 4 is 17.9 Å². The Balaban J connectivity index is 0. The lowest BCUT2D eigenvalue weighted by Gasteiger charge is -2.14. The zero-order valence-electron chi connectivity index (χ0n) is 10.1. The van der Waals surface area contributed by atoms with E-state index in [2.05, 4.69) is 0 Å². The topological polar surface area (TPSA) is 118 Å². The molecule has 0 bridgehead atoms. The summed E-state index contributed by atoms with van der Waals surface area (Å²) in [5.41, 5.74) is 0. The van der Waals surface area contributed by atoms with Gasteiger partial charge in [-0.15, -0.1) is 0 Å². The Morgan fingerprint density at radius 1 is 0.765 bits per heavy atom. The minimum absolute atomic E-state index is 0.599. The Labute approximate surface area is 99.1 Å². The maximum atomic E-state index is 10.1. The van der Waals surface area contributed by atoms with Crippen molar-refractivity contribution in [2.45, 2.75) is 0 Å². The molecule has 0 aromatic carbocycles. The van der Waals surface area contributed by atoms with Crippen molar-refractivity contribution in [3.05, 3.63) is 0 Å². The van der Waals surface area contributed by atoms with Gasteiger partial charge in [-0.3, -0.25) is 19.3 Å². The maximum absolute atomic E-state index is 10.1. The largest absolute Gasteiger partial charge is 0.480 e. The summed E-state index contributed by atoms with van der Waals surface area (Å²) in [6, 6.07) is 0. The zero-order chi connectivity index (χ0) is 14.0. The normalized spacial score (nSPS) is 9.71. The van der Waals surface area contributed by atoms with Crippen LogP contribution in [0.1, 0.15) is 0 Å². The van der Waals surface area contributed by atoms with Gasteiger partial charge in [-0.25, -0.2) is 0 Å². The molecule has 0 heterocycles. The smallest absolute Gasteiger partial charge is 0.317 e. The molecule has 0 atom stereocenters. The molecule has 8 heteroatoms. The summed E-state index contributed by atoms with van der Waals surface area (Å²) in [7, 11) is 6.00. The van der Waals surface area contributed by atoms with E-state index < -0.39 is 37.5 Å². The summed E-state index contributed by atoms with van der Waals surface area (Å²) >= 11 is 0. The van der Waals surface area contributed by atoms with Crippen LogP contribution in [0.3, 0.4) is 0 Å². The van der Waals surface area contributed by atoms with Gasteiger partial charge in [-0.1, -0.05) is 0 Å². The molecule has 3 N–H and O–H groups in total. The number of aliphatic carboxylic acids is 3. The molecule has 0 saturated carbocycles. The Morgan fingerprint density at radius 2 is 0.941 bits per heavy atom. The number of rotatable bonds is 6. The van der Waals surface area contributed by atoms with E-state index in [1.54, 1.807) is 0 Å². The first kappa shape index (κ1) is 17.7. The van der Waals surface area contributed by atoms with Gasteiger partial charge < -0.3 is 20.2 Å². The third kappa shape index (κ3) is 20.4. The Hall–Kier alpha value is -1.67. The molecule has 100 valence electrons. The fourth-order valence-electron chi connectivity index (χ4n) is 0.742. The second-order valence-electron chi connectivity index (χ2n) is 3.67. The minimum Gasteiger partial charge on any atom is -0.480 e. The van der Waals surface area contributed by atoms with E-state index in [0.717, 1.165) is 4.90 Å². The second-order valence-corrected chi connectivity index (χ2v) is 3.67. The lowest BCUT2D eigenvalue weighted by Crippen LogP contribution is -2.38. The molecule has 0 amide bonds. The monoisotopic (exact) mass is 250 g/mol. The van der Waals surface area contributed by atoms with E-state index >= 15 is 0 Å². The highest BCUT2D eigenvalue weighted by Crippen LogP contribution is 1.87. The molecule has 0 aromatic rings. The van der Waals surface area contributed by atoms with E-state index in [4.69, 9.17) is 15.3 Å². The van der Waals surface area contributed by atoms with E-state index in [-0.39, 0.29) is 0 Å². The molecule has 0 fully saturated rings. The van der Waals surface area contributed by atoms with Gasteiger partial charge in [0.2, 0.25) is 0 Å². The highest BCUT2D eigenvalue weighted by molar-refractivity contribution is 5.75. The third-order valence-corrected chi connectivity index (χ3v) is 1.08. The lowest BCUT2D eigenvalue weighted by molar-refractivity contribution is -0.144. The number of nitrogens with zero attached hydrogens (tertiary/aromatic N) is 2. The Bertz CT molecular complexity index is 225. The molecule has 0 rings (SSSR count). The van der Waals surface area contributed by atoms with Gasteiger partial charge in [0.15, 0.2) is 0 Å². The van der Waals surface area contributed by atoms with E-state index in [1.165, 1.54) is 0 Å². The Morgan fingerprint density at radius 3 is 1.06 bits per heavy atom. The quantitative estimate of drug-likeness (QED) is 0.533. The number of hydrogen-bond donors (Lipinski definition) is 3. The van der Waals surface area contributed by atoms with Crippen LogP contribution in [0.25, 0.3) is 0 Å². The van der Waals surface area contributed by atoms with E-state index in [0.29, 0.717) is 0 Å². The molecule has 0 aliphatic heterocycles. The predicted molar refractivity (Wildman–Crippen MR) is 59.0 cm³/mol. The van der Waals surface area contributed by atoms with Gasteiger partial charge in [-0.05, 0) is 21.1 Å². The minimum atomic E-state index is -1.26. The van der Waals surface area contributed by atoms with E-state index in [1.807, 2.05) is 26.0 Å². The summed E-state index contributed by atoms with van der Waals surface area (Å²) in [6.45, 7) is -1.80. The molecule has 0 aliphatic carbocycles. The number of carbonyl (C=O) groups is 3. The molecule has 0 saturated heterocycles.